The third-order valence-electron chi connectivity index (χ3n) is 5.36. The van der Waals surface area contributed by atoms with E-state index in [2.05, 4.69) is 9.97 Å². The maximum Gasteiger partial charge on any atom is 0.219 e. The van der Waals surface area contributed by atoms with Crippen molar-refractivity contribution in [2.45, 2.75) is 67.9 Å². The van der Waals surface area contributed by atoms with Crippen molar-refractivity contribution in [3.05, 3.63) is 46.6 Å². The van der Waals surface area contributed by atoms with Gasteiger partial charge in [-0.2, -0.15) is 4.98 Å². The molecule has 30 heavy (non-hydrogen) atoms. The smallest absolute Gasteiger partial charge is 0.219 e. The molecule has 1 saturated heterocycles. The second-order valence-corrected chi connectivity index (χ2v) is 8.90. The van der Waals surface area contributed by atoms with Crippen LogP contribution in [0.3, 0.4) is 0 Å². The molecule has 0 N–H and O–H groups in total. The van der Waals surface area contributed by atoms with Gasteiger partial charge in [0, 0.05) is 30.2 Å². The second-order valence-electron chi connectivity index (χ2n) is 7.57. The van der Waals surface area contributed by atoms with Crippen molar-refractivity contribution in [2.24, 2.45) is 0 Å². The van der Waals surface area contributed by atoms with E-state index >= 15 is 0 Å². The van der Waals surface area contributed by atoms with Gasteiger partial charge in [0.2, 0.25) is 5.88 Å². The largest absolute Gasteiger partial charge is 0.472 e. The zero-order valence-corrected chi connectivity index (χ0v) is 18.1. The quantitative estimate of drug-likeness (QED) is 0.323. The monoisotopic (exact) mass is 456 g/mol. The van der Waals surface area contributed by atoms with Crippen LogP contribution in [-0.2, 0) is 15.2 Å². The molecule has 1 aromatic heterocycles. The minimum Gasteiger partial charge on any atom is -0.472 e. The number of benzene rings is 1. The molecule has 0 bridgehead atoms. The van der Waals surface area contributed by atoms with Gasteiger partial charge in [0.25, 0.3) is 0 Å². The van der Waals surface area contributed by atoms with Gasteiger partial charge in [0.15, 0.2) is 22.6 Å². The first kappa shape index (κ1) is 21.7. The van der Waals surface area contributed by atoms with Crippen molar-refractivity contribution in [3.63, 3.8) is 0 Å². The summed E-state index contributed by atoms with van der Waals surface area (Å²) in [5, 5.41) is 0.530. The number of thioether (sulfide) groups is 1. The van der Waals surface area contributed by atoms with Gasteiger partial charge in [0.05, 0.1) is 6.61 Å². The third-order valence-corrected chi connectivity index (χ3v) is 6.45. The topological polar surface area (TPSA) is 53.5 Å². The van der Waals surface area contributed by atoms with Crippen molar-refractivity contribution >= 4 is 23.4 Å². The molecule has 0 radical (unpaired) electrons. The Hall–Kier alpha value is -1.48. The number of ether oxygens (including phenoxy) is 3. The number of aromatic nitrogens is 2. The molecule has 1 aliphatic heterocycles. The van der Waals surface area contributed by atoms with Crippen molar-refractivity contribution in [3.8, 4) is 5.88 Å². The Kier molecular flexibility index (Phi) is 6.77. The van der Waals surface area contributed by atoms with Crippen LogP contribution in [-0.4, -0.2) is 34.6 Å². The maximum absolute atomic E-state index is 13.9. The minimum atomic E-state index is -0.882. The van der Waals surface area contributed by atoms with E-state index in [1.807, 2.05) is 6.92 Å². The highest BCUT2D eigenvalue weighted by Crippen LogP contribution is 2.39. The summed E-state index contributed by atoms with van der Waals surface area (Å²) in [7, 11) is 0. The van der Waals surface area contributed by atoms with Crippen LogP contribution in [0.25, 0.3) is 0 Å². The minimum absolute atomic E-state index is 0.168. The number of hydrogen-bond donors (Lipinski definition) is 0. The number of nitrogens with zero attached hydrogens (tertiary/aromatic N) is 2. The molecule has 1 spiro atoms. The summed E-state index contributed by atoms with van der Waals surface area (Å²) in [6.45, 7) is 2.38. The summed E-state index contributed by atoms with van der Waals surface area (Å²) in [6, 6.07) is 5.59. The van der Waals surface area contributed by atoms with Gasteiger partial charge in [-0.25, -0.2) is 13.8 Å². The van der Waals surface area contributed by atoms with E-state index < -0.39 is 17.4 Å². The molecular weight excluding hydrogens is 434 g/mol. The molecule has 2 aliphatic rings. The normalized spacial score (nSPS) is 21.7. The molecule has 5 nitrogen and oxygen atoms in total. The Balaban J connectivity index is 1.39. The lowest BCUT2D eigenvalue weighted by molar-refractivity contribution is -0.193. The van der Waals surface area contributed by atoms with E-state index in [1.54, 1.807) is 0 Å². The Morgan fingerprint density at radius 3 is 2.87 bits per heavy atom. The Labute approximate surface area is 183 Å². The van der Waals surface area contributed by atoms with Gasteiger partial charge < -0.3 is 14.2 Å². The Morgan fingerprint density at radius 1 is 1.27 bits per heavy atom. The third kappa shape index (κ3) is 5.04. The maximum atomic E-state index is 13.9. The highest BCUT2D eigenvalue weighted by atomic mass is 35.5. The summed E-state index contributed by atoms with van der Waals surface area (Å²) < 4.78 is 45.4. The van der Waals surface area contributed by atoms with Crippen molar-refractivity contribution in [1.29, 1.82) is 0 Å². The lowest BCUT2D eigenvalue weighted by Crippen LogP contribution is -2.37. The van der Waals surface area contributed by atoms with Crippen LogP contribution in [0.1, 0.15) is 44.6 Å². The van der Waals surface area contributed by atoms with Gasteiger partial charge in [-0.1, -0.05) is 41.9 Å². The molecule has 2 aromatic rings. The zero-order valence-electron chi connectivity index (χ0n) is 16.6. The predicted molar refractivity (Wildman–Crippen MR) is 110 cm³/mol. The van der Waals surface area contributed by atoms with Gasteiger partial charge in [-0.05, 0) is 25.8 Å². The van der Waals surface area contributed by atoms with E-state index in [0.29, 0.717) is 17.6 Å². The summed E-state index contributed by atoms with van der Waals surface area (Å²) >= 11 is 7.27. The molecule has 1 saturated carbocycles. The molecular formula is C21H23ClF2N2O3S. The molecule has 1 aliphatic carbocycles. The summed E-state index contributed by atoms with van der Waals surface area (Å²) in [5.41, 5.74) is 0.230. The summed E-state index contributed by atoms with van der Waals surface area (Å²) in [4.78, 5) is 8.49. The highest BCUT2D eigenvalue weighted by Gasteiger charge is 2.44. The molecule has 4 rings (SSSR count). The fourth-order valence-corrected chi connectivity index (χ4v) is 4.78. The van der Waals surface area contributed by atoms with Gasteiger partial charge in [-0.3, -0.25) is 0 Å². The van der Waals surface area contributed by atoms with E-state index in [0.717, 1.165) is 43.5 Å². The number of hydrogen-bond acceptors (Lipinski definition) is 6. The summed E-state index contributed by atoms with van der Waals surface area (Å²) in [5.74, 6) is -1.75. The first-order valence-corrected chi connectivity index (χ1v) is 11.4. The molecule has 1 aromatic carbocycles. The van der Waals surface area contributed by atoms with Crippen LogP contribution in [0, 0.1) is 11.6 Å². The Morgan fingerprint density at radius 2 is 2.07 bits per heavy atom. The highest BCUT2D eigenvalue weighted by molar-refractivity contribution is 7.98. The lowest BCUT2D eigenvalue weighted by Gasteiger charge is -2.32. The molecule has 0 amide bonds. The zero-order chi connectivity index (χ0) is 21.1. The average Bonchev–Trinajstić information content (AvgIpc) is 3.12. The molecule has 2 atom stereocenters. The fraction of sp³-hybridized carbons (Fsp3) is 0.524. The number of halogens is 3. The molecule has 2 fully saturated rings. The van der Waals surface area contributed by atoms with E-state index in [9.17, 15) is 8.78 Å². The second kappa shape index (κ2) is 9.34. The van der Waals surface area contributed by atoms with E-state index in [1.165, 1.54) is 24.6 Å². The SMILES string of the molecule is CC(Oc1cc(Cl)nc(SCc2cccc(F)c2F)n1)[C@H]1COC2(CCCCC2)O1. The molecule has 9 heteroatoms. The predicted octanol–water partition coefficient (Wildman–Crippen LogP) is 5.54. The molecule has 162 valence electrons. The number of rotatable bonds is 6. The average molecular weight is 457 g/mol. The van der Waals surface area contributed by atoms with Crippen LogP contribution in [0.4, 0.5) is 8.78 Å². The van der Waals surface area contributed by atoms with Crippen molar-refractivity contribution < 1.29 is 23.0 Å². The van der Waals surface area contributed by atoms with Crippen molar-refractivity contribution in [1.82, 2.24) is 9.97 Å². The molecule has 2 heterocycles. The first-order chi connectivity index (χ1) is 14.4. The van der Waals surface area contributed by atoms with Crippen LogP contribution in [0.2, 0.25) is 5.15 Å². The standard InChI is InChI=1S/C21H23ClF2N2O3S/c1-13(16-11-27-21(29-16)8-3-2-4-9-21)28-18-10-17(22)25-20(26-18)30-12-14-6-5-7-15(23)19(14)24/h5-7,10,13,16H,2-4,8-9,11-12H2,1H3/t13?,16-/m1/s1. The van der Waals surface area contributed by atoms with Gasteiger partial charge in [-0.15, -0.1) is 0 Å². The first-order valence-electron chi connectivity index (χ1n) is 10.0. The van der Waals surface area contributed by atoms with Gasteiger partial charge in [0.1, 0.15) is 17.4 Å². The van der Waals surface area contributed by atoms with Crippen LogP contribution < -0.4 is 4.74 Å². The summed E-state index contributed by atoms with van der Waals surface area (Å²) in [6.07, 6.45) is 4.75. The van der Waals surface area contributed by atoms with Crippen LogP contribution >= 0.6 is 23.4 Å². The van der Waals surface area contributed by atoms with E-state index in [4.69, 9.17) is 25.8 Å². The van der Waals surface area contributed by atoms with Crippen molar-refractivity contribution in [2.75, 3.05) is 6.61 Å². The molecule has 1 unspecified atom stereocenters. The van der Waals surface area contributed by atoms with E-state index in [-0.39, 0.29) is 28.7 Å². The van der Waals surface area contributed by atoms with Gasteiger partial charge >= 0.3 is 0 Å². The van der Waals surface area contributed by atoms with Crippen LogP contribution in [0.5, 0.6) is 5.88 Å². The van der Waals surface area contributed by atoms with Crippen LogP contribution in [0.15, 0.2) is 29.4 Å². The lowest BCUT2D eigenvalue weighted by atomic mass is 9.94. The fourth-order valence-electron chi connectivity index (χ4n) is 3.73. The Bertz CT molecular complexity index is 899.